The Bertz CT molecular complexity index is 433. The van der Waals surface area contributed by atoms with E-state index in [0.29, 0.717) is 5.56 Å². The average Bonchev–Trinajstić information content (AvgIpc) is 2.28. The van der Waals surface area contributed by atoms with Crippen molar-refractivity contribution in [3.8, 4) is 6.07 Å². The SMILES string of the molecule is COC(=O)c1ccc(N(C)C)c(CC#N)c1. The fourth-order valence-corrected chi connectivity index (χ4v) is 1.49. The van der Waals surface area contributed by atoms with E-state index in [9.17, 15) is 4.79 Å². The lowest BCUT2D eigenvalue weighted by Gasteiger charge is -2.16. The maximum atomic E-state index is 11.3. The molecule has 1 aromatic carbocycles. The lowest BCUT2D eigenvalue weighted by molar-refractivity contribution is 0.0600. The molecule has 16 heavy (non-hydrogen) atoms. The number of carbonyl (C=O) groups excluding carboxylic acids is 1. The summed E-state index contributed by atoms with van der Waals surface area (Å²) in [6, 6.07) is 7.30. The Morgan fingerprint density at radius 1 is 1.50 bits per heavy atom. The third-order valence-electron chi connectivity index (χ3n) is 2.25. The maximum absolute atomic E-state index is 11.3. The smallest absolute Gasteiger partial charge is 0.337 e. The molecule has 4 heteroatoms. The summed E-state index contributed by atoms with van der Waals surface area (Å²) in [4.78, 5) is 13.2. The van der Waals surface area contributed by atoms with E-state index in [1.807, 2.05) is 25.1 Å². The third kappa shape index (κ3) is 2.51. The summed E-state index contributed by atoms with van der Waals surface area (Å²) in [5, 5.41) is 8.73. The van der Waals surface area contributed by atoms with Crippen molar-refractivity contribution in [1.29, 1.82) is 5.26 Å². The number of rotatable bonds is 3. The van der Waals surface area contributed by atoms with Gasteiger partial charge < -0.3 is 9.64 Å². The number of hydrogen-bond acceptors (Lipinski definition) is 4. The number of carbonyl (C=O) groups is 1. The first kappa shape index (κ1) is 12.1. The standard InChI is InChI=1S/C12H14N2O2/c1-14(2)11-5-4-10(12(15)16-3)8-9(11)6-7-13/h4-5,8H,6H2,1-3H3. The fraction of sp³-hybridized carbons (Fsp3) is 0.333. The molecular weight excluding hydrogens is 204 g/mol. The predicted molar refractivity (Wildman–Crippen MR) is 61.4 cm³/mol. The second-order valence-electron chi connectivity index (χ2n) is 3.56. The molecule has 0 atom stereocenters. The largest absolute Gasteiger partial charge is 0.465 e. The van der Waals surface area contributed by atoms with E-state index >= 15 is 0 Å². The molecule has 0 aliphatic rings. The van der Waals surface area contributed by atoms with Crippen molar-refractivity contribution in [3.05, 3.63) is 29.3 Å². The van der Waals surface area contributed by atoms with Crippen LogP contribution in [0.25, 0.3) is 0 Å². The van der Waals surface area contributed by atoms with E-state index in [1.54, 1.807) is 12.1 Å². The van der Waals surface area contributed by atoms with Crippen LogP contribution in [-0.4, -0.2) is 27.2 Å². The highest BCUT2D eigenvalue weighted by Crippen LogP contribution is 2.21. The Balaban J connectivity index is 3.18. The molecule has 1 rings (SSSR count). The van der Waals surface area contributed by atoms with Gasteiger partial charge in [-0.3, -0.25) is 0 Å². The van der Waals surface area contributed by atoms with Gasteiger partial charge in [-0.25, -0.2) is 4.79 Å². The Morgan fingerprint density at radius 2 is 2.19 bits per heavy atom. The molecule has 0 N–H and O–H groups in total. The van der Waals surface area contributed by atoms with Gasteiger partial charge in [0.1, 0.15) is 0 Å². The van der Waals surface area contributed by atoms with Gasteiger partial charge in [0.15, 0.2) is 0 Å². The van der Waals surface area contributed by atoms with Crippen LogP contribution in [0.4, 0.5) is 5.69 Å². The van der Waals surface area contributed by atoms with Crippen molar-refractivity contribution in [2.45, 2.75) is 6.42 Å². The zero-order valence-electron chi connectivity index (χ0n) is 9.65. The van der Waals surface area contributed by atoms with Crippen LogP contribution in [-0.2, 0) is 11.2 Å². The van der Waals surface area contributed by atoms with E-state index in [4.69, 9.17) is 5.26 Å². The summed E-state index contributed by atoms with van der Waals surface area (Å²) in [6.45, 7) is 0. The normalized spacial score (nSPS) is 9.38. The van der Waals surface area contributed by atoms with Gasteiger partial charge in [-0.15, -0.1) is 0 Å². The van der Waals surface area contributed by atoms with E-state index in [2.05, 4.69) is 10.8 Å². The monoisotopic (exact) mass is 218 g/mol. The number of ether oxygens (including phenoxy) is 1. The van der Waals surface area contributed by atoms with Gasteiger partial charge in [-0.1, -0.05) is 0 Å². The molecule has 0 amide bonds. The van der Waals surface area contributed by atoms with Crippen LogP contribution < -0.4 is 4.90 Å². The van der Waals surface area contributed by atoms with E-state index in [-0.39, 0.29) is 12.4 Å². The number of anilines is 1. The third-order valence-corrected chi connectivity index (χ3v) is 2.25. The number of nitriles is 1. The minimum Gasteiger partial charge on any atom is -0.465 e. The molecule has 0 heterocycles. The Labute approximate surface area is 95.0 Å². The molecule has 0 aliphatic carbocycles. The van der Waals surface area contributed by atoms with Gasteiger partial charge >= 0.3 is 5.97 Å². The Morgan fingerprint density at radius 3 is 2.69 bits per heavy atom. The van der Waals surface area contributed by atoms with Gasteiger partial charge in [0.05, 0.1) is 25.2 Å². The molecule has 0 bridgehead atoms. The number of hydrogen-bond donors (Lipinski definition) is 0. The van der Waals surface area contributed by atoms with Crippen molar-refractivity contribution >= 4 is 11.7 Å². The number of nitrogens with zero attached hydrogens (tertiary/aromatic N) is 2. The molecule has 0 saturated heterocycles. The first-order chi connectivity index (χ1) is 7.60. The van der Waals surface area contributed by atoms with Crippen LogP contribution >= 0.6 is 0 Å². The Kier molecular flexibility index (Phi) is 3.90. The van der Waals surface area contributed by atoms with E-state index in [1.165, 1.54) is 7.11 Å². The minimum absolute atomic E-state index is 0.276. The molecule has 0 saturated carbocycles. The highest BCUT2D eigenvalue weighted by molar-refractivity contribution is 5.90. The van der Waals surface area contributed by atoms with Crippen molar-refractivity contribution in [2.24, 2.45) is 0 Å². The zero-order chi connectivity index (χ0) is 12.1. The summed E-state index contributed by atoms with van der Waals surface area (Å²) in [6.07, 6.45) is 0.276. The molecule has 0 fully saturated rings. The summed E-state index contributed by atoms with van der Waals surface area (Å²) < 4.78 is 4.63. The van der Waals surface area contributed by atoms with Crippen LogP contribution in [0.3, 0.4) is 0 Å². The van der Waals surface area contributed by atoms with Crippen molar-refractivity contribution in [2.75, 3.05) is 26.1 Å². The quantitative estimate of drug-likeness (QED) is 0.723. The minimum atomic E-state index is -0.385. The highest BCUT2D eigenvalue weighted by atomic mass is 16.5. The molecule has 1 aromatic rings. The Hall–Kier alpha value is -2.02. The van der Waals surface area contributed by atoms with Crippen LogP contribution in [0.1, 0.15) is 15.9 Å². The average molecular weight is 218 g/mol. The van der Waals surface area contributed by atoms with Crippen LogP contribution in [0, 0.1) is 11.3 Å². The zero-order valence-corrected chi connectivity index (χ0v) is 9.65. The molecule has 0 unspecified atom stereocenters. The van der Waals surface area contributed by atoms with E-state index in [0.717, 1.165) is 11.3 Å². The van der Waals surface area contributed by atoms with Crippen molar-refractivity contribution < 1.29 is 9.53 Å². The molecule has 0 spiro atoms. The molecule has 0 aliphatic heterocycles. The van der Waals surface area contributed by atoms with Gasteiger partial charge in [0.2, 0.25) is 0 Å². The van der Waals surface area contributed by atoms with Gasteiger partial charge in [-0.2, -0.15) is 5.26 Å². The van der Waals surface area contributed by atoms with Crippen molar-refractivity contribution in [1.82, 2.24) is 0 Å². The summed E-state index contributed by atoms with van der Waals surface area (Å²) in [7, 11) is 5.13. The second kappa shape index (κ2) is 5.17. The topological polar surface area (TPSA) is 53.3 Å². The van der Waals surface area contributed by atoms with Crippen LogP contribution in [0.5, 0.6) is 0 Å². The molecule has 0 aromatic heterocycles. The number of benzene rings is 1. The lowest BCUT2D eigenvalue weighted by atomic mass is 10.1. The van der Waals surface area contributed by atoms with Crippen LogP contribution in [0.2, 0.25) is 0 Å². The molecule has 0 radical (unpaired) electrons. The van der Waals surface area contributed by atoms with Gasteiger partial charge in [-0.05, 0) is 23.8 Å². The van der Waals surface area contributed by atoms with Gasteiger partial charge in [0.25, 0.3) is 0 Å². The lowest BCUT2D eigenvalue weighted by Crippen LogP contribution is -2.12. The molecular formula is C12H14N2O2. The van der Waals surface area contributed by atoms with Crippen molar-refractivity contribution in [3.63, 3.8) is 0 Å². The predicted octanol–water partition coefficient (Wildman–Crippen LogP) is 1.61. The summed E-state index contributed by atoms with van der Waals surface area (Å²) in [5.41, 5.74) is 2.24. The fourth-order valence-electron chi connectivity index (χ4n) is 1.49. The van der Waals surface area contributed by atoms with Crippen LogP contribution in [0.15, 0.2) is 18.2 Å². The highest BCUT2D eigenvalue weighted by Gasteiger charge is 2.10. The second-order valence-corrected chi connectivity index (χ2v) is 3.56. The molecule has 4 nitrogen and oxygen atoms in total. The summed E-state index contributed by atoms with van der Waals surface area (Å²) >= 11 is 0. The van der Waals surface area contributed by atoms with Gasteiger partial charge in [0, 0.05) is 19.8 Å². The first-order valence-electron chi connectivity index (χ1n) is 4.85. The maximum Gasteiger partial charge on any atom is 0.337 e. The first-order valence-corrected chi connectivity index (χ1v) is 4.85. The number of methoxy groups -OCH3 is 1. The molecule has 84 valence electrons. The van der Waals surface area contributed by atoms with E-state index < -0.39 is 0 Å². The summed E-state index contributed by atoms with van der Waals surface area (Å²) in [5.74, 6) is -0.385. The number of esters is 1.